The van der Waals surface area contributed by atoms with Crippen molar-refractivity contribution in [1.29, 1.82) is 5.26 Å². The minimum Gasteiger partial charge on any atom is -0.392 e. The number of nitrogen functional groups attached to an aromatic ring is 1. The zero-order valence-electron chi connectivity index (χ0n) is 14.5. The number of allylic oxidation sites excluding steroid dienone is 1. The van der Waals surface area contributed by atoms with Gasteiger partial charge in [0.2, 0.25) is 0 Å². The quantitative estimate of drug-likeness (QED) is 0.205. The number of hydrogen-bond acceptors (Lipinski definition) is 7. The van der Waals surface area contributed by atoms with Gasteiger partial charge in [-0.15, -0.1) is 4.98 Å². The van der Waals surface area contributed by atoms with Crippen LogP contribution in [0.3, 0.4) is 0 Å². The summed E-state index contributed by atoms with van der Waals surface area (Å²) in [5.41, 5.74) is 10.7. The van der Waals surface area contributed by atoms with E-state index in [1.54, 1.807) is 24.5 Å². The zero-order chi connectivity index (χ0) is 20.1. The molecule has 0 saturated heterocycles. The summed E-state index contributed by atoms with van der Waals surface area (Å²) in [4.78, 5) is 13.5. The number of aliphatic imine (C=N–C) groups is 1. The van der Waals surface area contributed by atoms with Gasteiger partial charge in [-0.3, -0.25) is 4.99 Å². The Bertz CT molecular complexity index is 758. The van der Waals surface area contributed by atoms with Crippen LogP contribution in [0.2, 0.25) is 0 Å². The van der Waals surface area contributed by atoms with Crippen molar-refractivity contribution in [2.24, 2.45) is 10.7 Å². The van der Waals surface area contributed by atoms with Gasteiger partial charge in [0.1, 0.15) is 17.6 Å². The number of hydrogen-bond donors (Lipinski definition) is 5. The molecule has 0 radical (unpaired) electrons. The fourth-order valence-electron chi connectivity index (χ4n) is 1.43. The standard InChI is InChI=1S/C8H11N5O.C7H10N4O/c1-6(14)4-12-5-13-7(3-9)8(10)11-2;1-5(12)3-11-4-10-7(9-2)6(11)8/h5-6,14H,4,10H2,1H3,(H,12,13);4-5,12H,3,8H2,1H3/b8-7+;/t6-;5-/m00/s1. The summed E-state index contributed by atoms with van der Waals surface area (Å²) >= 11 is 0. The molecule has 0 spiro atoms. The van der Waals surface area contributed by atoms with Crippen LogP contribution >= 0.6 is 0 Å². The van der Waals surface area contributed by atoms with Crippen LogP contribution in [0.15, 0.2) is 22.8 Å². The molecule has 0 fully saturated rings. The number of nitrogens with zero attached hydrogens (tertiary/aromatic N) is 6. The molecule has 0 aromatic carbocycles. The fraction of sp³-hybridized carbons (Fsp3) is 0.400. The van der Waals surface area contributed by atoms with E-state index in [2.05, 4.69) is 25.0 Å². The molecule has 0 aliphatic heterocycles. The summed E-state index contributed by atoms with van der Waals surface area (Å²) in [5.74, 6) is 0.289. The second-order valence-electron chi connectivity index (χ2n) is 5.04. The fourth-order valence-corrected chi connectivity index (χ4v) is 1.43. The van der Waals surface area contributed by atoms with Gasteiger partial charge in [0, 0.05) is 0 Å². The van der Waals surface area contributed by atoms with Gasteiger partial charge in [-0.1, -0.05) is 13.1 Å². The average Bonchev–Trinajstić information content (AvgIpc) is 2.94. The third kappa shape index (κ3) is 8.31. The van der Waals surface area contributed by atoms with Crippen molar-refractivity contribution in [2.45, 2.75) is 32.6 Å². The molecule has 2 atom stereocenters. The summed E-state index contributed by atoms with van der Waals surface area (Å²) in [6.45, 7) is 17.1. The van der Waals surface area contributed by atoms with Crippen molar-refractivity contribution >= 4 is 18.0 Å². The van der Waals surface area contributed by atoms with Crippen LogP contribution in [0, 0.1) is 24.5 Å². The molecule has 0 amide bonds. The first-order valence-corrected chi connectivity index (χ1v) is 7.33. The molecule has 0 aliphatic carbocycles. The van der Waals surface area contributed by atoms with E-state index in [-0.39, 0.29) is 23.9 Å². The molecule has 1 aromatic rings. The van der Waals surface area contributed by atoms with Gasteiger partial charge in [-0.05, 0) is 13.8 Å². The average molecular weight is 359 g/mol. The predicted octanol–water partition coefficient (Wildman–Crippen LogP) is -0.0473. The molecule has 138 valence electrons. The van der Waals surface area contributed by atoms with E-state index in [4.69, 9.17) is 40.1 Å². The summed E-state index contributed by atoms with van der Waals surface area (Å²) in [6, 6.07) is 1.72. The normalized spacial score (nSPS) is 13.3. The number of imidazole rings is 1. The molecule has 1 heterocycles. The Labute approximate surface area is 151 Å². The van der Waals surface area contributed by atoms with Gasteiger partial charge in [-0.2, -0.15) is 5.26 Å². The molecular weight excluding hydrogens is 338 g/mol. The van der Waals surface area contributed by atoms with Gasteiger partial charge < -0.3 is 41.3 Å². The Morgan fingerprint density at radius 2 is 2.15 bits per heavy atom. The number of aromatic nitrogens is 2. The van der Waals surface area contributed by atoms with Crippen molar-refractivity contribution in [1.82, 2.24) is 14.9 Å². The van der Waals surface area contributed by atoms with Crippen LogP contribution < -0.4 is 16.8 Å². The van der Waals surface area contributed by atoms with Crippen molar-refractivity contribution in [3.63, 3.8) is 0 Å². The molecule has 0 bridgehead atoms. The Morgan fingerprint density at radius 3 is 2.58 bits per heavy atom. The molecule has 1 rings (SSSR count). The number of nitrogens with one attached hydrogen (secondary N) is 1. The third-order valence-corrected chi connectivity index (χ3v) is 2.58. The number of nitrogens with two attached hydrogens (primary N) is 2. The SMILES string of the molecule is [C-]#[N+]/C(N)=C(\C#N)NC=NC[C@H](C)O.[C-]#[N+]c1ncn(C[C@H](C)O)c1N. The first-order valence-electron chi connectivity index (χ1n) is 7.33. The van der Waals surface area contributed by atoms with Crippen LogP contribution in [-0.4, -0.2) is 44.9 Å². The van der Waals surface area contributed by atoms with Crippen LogP contribution in [0.1, 0.15) is 13.8 Å². The highest BCUT2D eigenvalue weighted by Gasteiger charge is 2.09. The van der Waals surface area contributed by atoms with Crippen molar-refractivity contribution in [2.75, 3.05) is 12.3 Å². The van der Waals surface area contributed by atoms with E-state index in [0.717, 1.165) is 0 Å². The molecule has 0 saturated carbocycles. The lowest BCUT2D eigenvalue weighted by atomic mass is 10.4. The Kier molecular flexibility index (Phi) is 10.2. The van der Waals surface area contributed by atoms with Crippen LogP contribution in [-0.2, 0) is 6.54 Å². The zero-order valence-corrected chi connectivity index (χ0v) is 14.5. The first-order chi connectivity index (χ1) is 12.3. The minimum atomic E-state index is -0.541. The summed E-state index contributed by atoms with van der Waals surface area (Å²) in [7, 11) is 0. The smallest absolute Gasteiger partial charge is 0.311 e. The van der Waals surface area contributed by atoms with Gasteiger partial charge in [0.05, 0.1) is 31.6 Å². The molecule has 0 unspecified atom stereocenters. The van der Waals surface area contributed by atoms with Crippen molar-refractivity contribution < 1.29 is 10.2 Å². The van der Waals surface area contributed by atoms with Crippen LogP contribution in [0.5, 0.6) is 0 Å². The molecule has 26 heavy (non-hydrogen) atoms. The maximum absolute atomic E-state index is 9.03. The number of rotatable bonds is 6. The van der Waals surface area contributed by atoms with E-state index >= 15 is 0 Å². The molecule has 0 aliphatic rings. The largest absolute Gasteiger partial charge is 0.392 e. The highest BCUT2D eigenvalue weighted by Crippen LogP contribution is 2.18. The van der Waals surface area contributed by atoms with E-state index in [0.29, 0.717) is 12.4 Å². The lowest BCUT2D eigenvalue weighted by Gasteiger charge is -2.05. The Morgan fingerprint density at radius 1 is 1.50 bits per heavy atom. The topological polar surface area (TPSA) is 167 Å². The van der Waals surface area contributed by atoms with Gasteiger partial charge in [0.25, 0.3) is 5.82 Å². The second kappa shape index (κ2) is 11.9. The van der Waals surface area contributed by atoms with Crippen LogP contribution in [0.4, 0.5) is 11.6 Å². The summed E-state index contributed by atoms with van der Waals surface area (Å²) < 4.78 is 1.55. The monoisotopic (exact) mass is 359 g/mol. The van der Waals surface area contributed by atoms with Gasteiger partial charge in [0.15, 0.2) is 6.33 Å². The van der Waals surface area contributed by atoms with Crippen molar-refractivity contribution in [3.05, 3.63) is 40.7 Å². The maximum atomic E-state index is 9.03. The highest BCUT2D eigenvalue weighted by molar-refractivity contribution is 5.60. The third-order valence-electron chi connectivity index (χ3n) is 2.58. The first kappa shape index (κ1) is 22.4. The van der Waals surface area contributed by atoms with Gasteiger partial charge in [-0.25, -0.2) is 0 Å². The van der Waals surface area contributed by atoms with E-state index < -0.39 is 12.2 Å². The summed E-state index contributed by atoms with van der Waals surface area (Å²) in [6.07, 6.45) is 1.65. The Balaban J connectivity index is 0.000000485. The predicted molar refractivity (Wildman–Crippen MR) is 96.2 cm³/mol. The van der Waals surface area contributed by atoms with Gasteiger partial charge >= 0.3 is 5.82 Å². The molecule has 7 N–H and O–H groups in total. The minimum absolute atomic E-state index is 0.0469. The highest BCUT2D eigenvalue weighted by atomic mass is 16.3. The molecule has 11 heteroatoms. The number of aliphatic hydroxyl groups is 2. The van der Waals surface area contributed by atoms with E-state index in [9.17, 15) is 0 Å². The number of nitriles is 1. The van der Waals surface area contributed by atoms with Crippen LogP contribution in [0.25, 0.3) is 9.69 Å². The number of aliphatic hydroxyl groups excluding tert-OH is 2. The molecular formula is C15H21N9O2. The maximum Gasteiger partial charge on any atom is 0.311 e. The summed E-state index contributed by atoms with van der Waals surface area (Å²) in [5, 5.41) is 28.9. The van der Waals surface area contributed by atoms with E-state index in [1.807, 2.05) is 0 Å². The number of anilines is 1. The molecule has 1 aromatic heterocycles. The van der Waals surface area contributed by atoms with Crippen molar-refractivity contribution in [3.8, 4) is 6.07 Å². The lowest BCUT2D eigenvalue weighted by molar-refractivity contribution is 0.174. The Hall–Kier alpha value is -3.59. The second-order valence-corrected chi connectivity index (χ2v) is 5.04. The lowest BCUT2D eigenvalue weighted by Crippen LogP contribution is -2.15. The van der Waals surface area contributed by atoms with E-state index in [1.165, 1.54) is 12.7 Å². The molecule has 11 nitrogen and oxygen atoms in total.